The van der Waals surface area contributed by atoms with Crippen LogP contribution in [-0.4, -0.2) is 18.7 Å². The molecule has 17 heavy (non-hydrogen) atoms. The van der Waals surface area contributed by atoms with E-state index < -0.39 is 0 Å². The molecule has 0 aliphatic rings. The molecular formula is C13H13NO3. The predicted molar refractivity (Wildman–Crippen MR) is 66.8 cm³/mol. The molecule has 0 radical (unpaired) electrons. The van der Waals surface area contributed by atoms with Crippen molar-refractivity contribution in [2.24, 2.45) is 0 Å². The second kappa shape index (κ2) is 4.74. The van der Waals surface area contributed by atoms with Gasteiger partial charge in [0, 0.05) is 23.7 Å². The number of ether oxygens (including phenoxy) is 2. The summed E-state index contributed by atoms with van der Waals surface area (Å²) >= 11 is 0. The van der Waals surface area contributed by atoms with Gasteiger partial charge in [-0.15, -0.1) is 0 Å². The quantitative estimate of drug-likeness (QED) is 0.820. The van der Waals surface area contributed by atoms with Crippen LogP contribution in [-0.2, 0) is 0 Å². The topological polar surface area (TPSA) is 51.3 Å². The van der Waals surface area contributed by atoms with Crippen LogP contribution in [0, 0.1) is 0 Å². The molecule has 0 aliphatic carbocycles. The molecule has 1 N–H and O–H groups in total. The van der Waals surface area contributed by atoms with E-state index in [1.165, 1.54) is 6.07 Å². The molecule has 0 fully saturated rings. The molecule has 0 saturated carbocycles. The lowest BCUT2D eigenvalue weighted by molar-refractivity contribution is 0.327. The Balaban J connectivity index is 2.60. The smallest absolute Gasteiger partial charge is 0.189 e. The van der Waals surface area contributed by atoms with Crippen molar-refractivity contribution in [1.29, 1.82) is 0 Å². The highest BCUT2D eigenvalue weighted by Gasteiger charge is 2.08. The summed E-state index contributed by atoms with van der Waals surface area (Å²) in [4.78, 5) is 14.6. The Kier molecular flexibility index (Phi) is 3.14. The van der Waals surface area contributed by atoms with Crippen molar-refractivity contribution < 1.29 is 9.47 Å². The van der Waals surface area contributed by atoms with E-state index in [0.29, 0.717) is 23.5 Å². The standard InChI is InChI=1S/C13H13NO3/c1-3-6-17-13-8-10-9(7-12(13)16-2)11(15)4-5-14-10/h3-5,7-8H,1,6H2,2H3,(H,14,15). The van der Waals surface area contributed by atoms with Gasteiger partial charge in [-0.25, -0.2) is 0 Å². The second-order valence-corrected chi connectivity index (χ2v) is 3.49. The van der Waals surface area contributed by atoms with E-state index >= 15 is 0 Å². The number of hydrogen-bond donors (Lipinski definition) is 1. The minimum atomic E-state index is -0.0488. The van der Waals surface area contributed by atoms with Gasteiger partial charge in [0.2, 0.25) is 0 Å². The fraction of sp³-hybridized carbons (Fsp3) is 0.154. The largest absolute Gasteiger partial charge is 0.493 e. The zero-order chi connectivity index (χ0) is 12.3. The molecular weight excluding hydrogens is 218 g/mol. The van der Waals surface area contributed by atoms with Gasteiger partial charge < -0.3 is 14.5 Å². The van der Waals surface area contributed by atoms with E-state index in [0.717, 1.165) is 5.52 Å². The van der Waals surface area contributed by atoms with Crippen LogP contribution in [0.5, 0.6) is 11.5 Å². The molecule has 0 amide bonds. The summed E-state index contributed by atoms with van der Waals surface area (Å²) < 4.78 is 10.7. The highest BCUT2D eigenvalue weighted by Crippen LogP contribution is 2.30. The SMILES string of the molecule is C=CCOc1cc2[nH]ccc(=O)c2cc1OC. The van der Waals surface area contributed by atoms with E-state index in [1.54, 1.807) is 31.5 Å². The van der Waals surface area contributed by atoms with Crippen molar-refractivity contribution in [2.45, 2.75) is 0 Å². The van der Waals surface area contributed by atoms with Gasteiger partial charge in [-0.1, -0.05) is 12.7 Å². The molecule has 0 aliphatic heterocycles. The minimum absolute atomic E-state index is 0.0488. The predicted octanol–water partition coefficient (Wildman–Crippen LogP) is 2.10. The van der Waals surface area contributed by atoms with Crippen molar-refractivity contribution >= 4 is 10.9 Å². The number of aromatic amines is 1. The van der Waals surface area contributed by atoms with Gasteiger partial charge in [0.25, 0.3) is 0 Å². The lowest BCUT2D eigenvalue weighted by Crippen LogP contribution is -2.02. The Bertz CT molecular complexity index is 601. The Hall–Kier alpha value is -2.23. The zero-order valence-electron chi connectivity index (χ0n) is 9.53. The molecule has 1 aromatic carbocycles. The van der Waals surface area contributed by atoms with Crippen LogP contribution in [0.15, 0.2) is 41.8 Å². The molecule has 88 valence electrons. The number of fused-ring (bicyclic) bond motifs is 1. The lowest BCUT2D eigenvalue weighted by atomic mass is 10.2. The van der Waals surface area contributed by atoms with Crippen molar-refractivity contribution in [1.82, 2.24) is 4.98 Å². The number of hydrogen-bond acceptors (Lipinski definition) is 3. The lowest BCUT2D eigenvalue weighted by Gasteiger charge is -2.10. The molecule has 1 heterocycles. The average molecular weight is 231 g/mol. The average Bonchev–Trinajstić information content (AvgIpc) is 2.36. The van der Waals surface area contributed by atoms with Crippen LogP contribution in [0.25, 0.3) is 10.9 Å². The molecule has 4 nitrogen and oxygen atoms in total. The monoisotopic (exact) mass is 231 g/mol. The molecule has 0 bridgehead atoms. The van der Waals surface area contributed by atoms with Gasteiger partial charge in [-0.2, -0.15) is 0 Å². The molecule has 2 aromatic rings. The Morgan fingerprint density at radius 1 is 1.41 bits per heavy atom. The number of nitrogens with one attached hydrogen (secondary N) is 1. The third-order valence-corrected chi connectivity index (χ3v) is 2.40. The van der Waals surface area contributed by atoms with Gasteiger partial charge in [-0.3, -0.25) is 4.79 Å². The zero-order valence-corrected chi connectivity index (χ0v) is 9.53. The second-order valence-electron chi connectivity index (χ2n) is 3.49. The van der Waals surface area contributed by atoms with Gasteiger partial charge in [-0.05, 0) is 6.07 Å². The first-order valence-corrected chi connectivity index (χ1v) is 5.19. The summed E-state index contributed by atoms with van der Waals surface area (Å²) in [5.74, 6) is 1.12. The van der Waals surface area contributed by atoms with Crippen LogP contribution in [0.3, 0.4) is 0 Å². The van der Waals surface area contributed by atoms with E-state index in [1.807, 2.05) is 0 Å². The minimum Gasteiger partial charge on any atom is -0.493 e. The Morgan fingerprint density at radius 3 is 2.94 bits per heavy atom. The van der Waals surface area contributed by atoms with Crippen molar-refractivity contribution in [3.8, 4) is 11.5 Å². The summed E-state index contributed by atoms with van der Waals surface area (Å²) in [5.41, 5.74) is 0.671. The van der Waals surface area contributed by atoms with Gasteiger partial charge in [0.05, 0.1) is 12.6 Å². The molecule has 0 saturated heterocycles. The van der Waals surface area contributed by atoms with Crippen molar-refractivity contribution in [3.63, 3.8) is 0 Å². The maximum atomic E-state index is 11.6. The van der Waals surface area contributed by atoms with Gasteiger partial charge >= 0.3 is 0 Å². The highest BCUT2D eigenvalue weighted by molar-refractivity contribution is 5.82. The summed E-state index contributed by atoms with van der Waals surface area (Å²) in [7, 11) is 1.54. The van der Waals surface area contributed by atoms with Crippen LogP contribution < -0.4 is 14.9 Å². The summed E-state index contributed by atoms with van der Waals surface area (Å²) in [6.07, 6.45) is 3.26. The van der Waals surface area contributed by atoms with Crippen LogP contribution >= 0.6 is 0 Å². The fourth-order valence-corrected chi connectivity index (χ4v) is 1.60. The van der Waals surface area contributed by atoms with Crippen molar-refractivity contribution in [2.75, 3.05) is 13.7 Å². The Morgan fingerprint density at radius 2 is 2.24 bits per heavy atom. The first-order valence-electron chi connectivity index (χ1n) is 5.19. The molecule has 0 atom stereocenters. The number of aromatic nitrogens is 1. The highest BCUT2D eigenvalue weighted by atomic mass is 16.5. The first-order chi connectivity index (χ1) is 8.26. The van der Waals surface area contributed by atoms with Gasteiger partial charge in [0.1, 0.15) is 6.61 Å². The number of H-pyrrole nitrogens is 1. The van der Waals surface area contributed by atoms with Crippen LogP contribution in [0.4, 0.5) is 0 Å². The number of benzene rings is 1. The van der Waals surface area contributed by atoms with E-state index in [9.17, 15) is 4.79 Å². The molecule has 1 aromatic heterocycles. The Labute approximate surface area is 98.5 Å². The van der Waals surface area contributed by atoms with Crippen LogP contribution in [0.2, 0.25) is 0 Å². The summed E-state index contributed by atoms with van der Waals surface area (Å²) in [5, 5.41) is 0.579. The fourth-order valence-electron chi connectivity index (χ4n) is 1.60. The normalized spacial score (nSPS) is 10.2. The van der Waals surface area contributed by atoms with Gasteiger partial charge in [0.15, 0.2) is 16.9 Å². The number of rotatable bonds is 4. The third-order valence-electron chi connectivity index (χ3n) is 2.40. The van der Waals surface area contributed by atoms with Crippen molar-refractivity contribution in [3.05, 3.63) is 47.3 Å². The maximum absolute atomic E-state index is 11.6. The van der Waals surface area contributed by atoms with E-state index in [-0.39, 0.29) is 5.43 Å². The van der Waals surface area contributed by atoms with Crippen LogP contribution in [0.1, 0.15) is 0 Å². The summed E-state index contributed by atoms with van der Waals surface area (Å²) in [6.45, 7) is 3.97. The van der Waals surface area contributed by atoms with E-state index in [4.69, 9.17) is 9.47 Å². The van der Waals surface area contributed by atoms with E-state index in [2.05, 4.69) is 11.6 Å². The molecule has 4 heteroatoms. The summed E-state index contributed by atoms with van der Waals surface area (Å²) in [6, 6.07) is 4.90. The third kappa shape index (κ3) is 2.15. The maximum Gasteiger partial charge on any atom is 0.189 e. The molecule has 0 spiro atoms. The molecule has 2 rings (SSSR count). The number of pyridine rings is 1. The molecule has 0 unspecified atom stereocenters. The first kappa shape index (κ1) is 11.3. The number of methoxy groups -OCH3 is 1.